The second-order valence-electron chi connectivity index (χ2n) is 11.5. The van der Waals surface area contributed by atoms with E-state index in [4.69, 9.17) is 9.47 Å². The van der Waals surface area contributed by atoms with Crippen molar-refractivity contribution in [2.45, 2.75) is 38.8 Å². The maximum Gasteiger partial charge on any atom is 0.423 e. The molecule has 0 atom stereocenters. The average Bonchev–Trinajstić information content (AvgIpc) is 3.89. The third kappa shape index (κ3) is 4.97. The average molecular weight is 657 g/mol. The van der Waals surface area contributed by atoms with E-state index < -0.39 is 24.4 Å². The molecular weight excluding hydrogens is 629 g/mol. The lowest BCUT2D eigenvalue weighted by atomic mass is 9.93. The molecule has 4 aliphatic rings. The van der Waals surface area contributed by atoms with Gasteiger partial charge in [0.05, 0.1) is 46.9 Å². The van der Waals surface area contributed by atoms with Crippen molar-refractivity contribution in [3.63, 3.8) is 0 Å². The maximum absolute atomic E-state index is 13.2. The molecule has 234 valence electrons. The van der Waals surface area contributed by atoms with Crippen LogP contribution in [0.15, 0.2) is 47.4 Å². The predicted octanol–water partition coefficient (Wildman–Crippen LogP) is 5.62. The number of nitrogens with zero attached hydrogens (tertiary/aromatic N) is 6. The van der Waals surface area contributed by atoms with Gasteiger partial charge >= 0.3 is 24.4 Å². The highest BCUT2D eigenvalue weighted by molar-refractivity contribution is 7.10. The van der Waals surface area contributed by atoms with Gasteiger partial charge in [0.25, 0.3) is 0 Å². The number of aromatic nitrogens is 2. The van der Waals surface area contributed by atoms with E-state index in [1.54, 1.807) is 11.0 Å². The molecular formula is C32H28N6O6S2. The van der Waals surface area contributed by atoms with E-state index in [1.165, 1.54) is 42.3 Å². The molecule has 6 heterocycles. The van der Waals surface area contributed by atoms with Crippen molar-refractivity contribution in [3.8, 4) is 11.1 Å². The van der Waals surface area contributed by atoms with Gasteiger partial charge in [-0.2, -0.15) is 0 Å². The highest BCUT2D eigenvalue weighted by atomic mass is 32.1. The first-order chi connectivity index (χ1) is 22.4. The fourth-order valence-corrected chi connectivity index (χ4v) is 8.35. The number of ether oxygens (including phenoxy) is 2. The molecule has 4 aliphatic heterocycles. The number of amides is 4. The number of anilines is 2. The molecule has 0 fully saturated rings. The minimum Gasteiger partial charge on any atom is -0.359 e. The summed E-state index contributed by atoms with van der Waals surface area (Å²) in [6.07, 6.45) is -0.271. The molecule has 0 saturated heterocycles. The monoisotopic (exact) mass is 656 g/mol. The molecule has 0 spiro atoms. The summed E-state index contributed by atoms with van der Waals surface area (Å²) >= 11 is 2.99. The molecule has 2 aromatic carbocycles. The quantitative estimate of drug-likeness (QED) is 0.242. The summed E-state index contributed by atoms with van der Waals surface area (Å²) in [7, 11) is 0. The van der Waals surface area contributed by atoms with Crippen LogP contribution in [0.2, 0.25) is 0 Å². The van der Waals surface area contributed by atoms with Crippen LogP contribution in [-0.4, -0.2) is 70.3 Å². The Kier molecular flexibility index (Phi) is 7.17. The lowest BCUT2D eigenvalue weighted by molar-refractivity contribution is 0.116. The van der Waals surface area contributed by atoms with Crippen molar-refractivity contribution in [3.05, 3.63) is 79.7 Å². The molecule has 8 rings (SSSR count). The van der Waals surface area contributed by atoms with E-state index in [0.29, 0.717) is 76.3 Å². The summed E-state index contributed by atoms with van der Waals surface area (Å²) in [5.41, 5.74) is 10.8. The van der Waals surface area contributed by atoms with E-state index in [1.807, 2.05) is 36.4 Å². The first-order valence-corrected chi connectivity index (χ1v) is 16.8. The highest BCUT2D eigenvalue weighted by Gasteiger charge is 2.35. The first-order valence-electron chi connectivity index (χ1n) is 15.1. The molecule has 12 nitrogen and oxygen atoms in total. The second-order valence-corrected chi connectivity index (χ2v) is 13.3. The van der Waals surface area contributed by atoms with Crippen LogP contribution in [0.4, 0.5) is 30.6 Å². The Balaban J connectivity index is 0.971. The number of thiazole rings is 2. The van der Waals surface area contributed by atoms with Crippen LogP contribution in [0, 0.1) is 0 Å². The van der Waals surface area contributed by atoms with E-state index in [2.05, 4.69) is 9.97 Å². The molecule has 2 aromatic heterocycles. The van der Waals surface area contributed by atoms with Crippen LogP contribution in [-0.2, 0) is 48.2 Å². The minimum atomic E-state index is -0.701. The van der Waals surface area contributed by atoms with Crippen LogP contribution in [0.5, 0.6) is 0 Å². The summed E-state index contributed by atoms with van der Waals surface area (Å²) in [5, 5.41) is 0. The largest absolute Gasteiger partial charge is 0.423 e. The van der Waals surface area contributed by atoms with Crippen molar-refractivity contribution in [1.82, 2.24) is 19.8 Å². The number of benzene rings is 2. The number of hydrogen-bond acceptors (Lipinski definition) is 10. The smallest absolute Gasteiger partial charge is 0.359 e. The Morgan fingerprint density at radius 1 is 0.587 bits per heavy atom. The van der Waals surface area contributed by atoms with Crippen molar-refractivity contribution in [2.24, 2.45) is 0 Å². The topological polar surface area (TPSA) is 125 Å². The molecule has 0 saturated carbocycles. The third-order valence-electron chi connectivity index (χ3n) is 9.01. The van der Waals surface area contributed by atoms with Crippen LogP contribution in [0.1, 0.15) is 32.3 Å². The number of rotatable bonds is 1. The Morgan fingerprint density at radius 3 is 1.50 bits per heavy atom. The highest BCUT2D eigenvalue weighted by Crippen LogP contribution is 2.42. The molecule has 4 amide bonds. The fraction of sp³-hybridized carbons (Fsp3) is 0.312. The molecule has 46 heavy (non-hydrogen) atoms. The van der Waals surface area contributed by atoms with Crippen molar-refractivity contribution in [1.29, 1.82) is 0 Å². The zero-order chi connectivity index (χ0) is 31.4. The maximum atomic E-state index is 13.2. The molecule has 0 unspecified atom stereocenters. The van der Waals surface area contributed by atoms with Gasteiger partial charge < -0.3 is 19.3 Å². The Labute approximate surface area is 271 Å². The zero-order valence-electron chi connectivity index (χ0n) is 24.6. The van der Waals surface area contributed by atoms with Gasteiger partial charge in [-0.15, -0.1) is 22.7 Å². The van der Waals surface area contributed by atoms with Gasteiger partial charge in [0.1, 0.15) is 0 Å². The lowest BCUT2D eigenvalue weighted by Gasteiger charge is -2.26. The molecule has 4 aromatic rings. The number of carbonyl (C=O) groups is 4. The summed E-state index contributed by atoms with van der Waals surface area (Å²) in [6.45, 7) is 2.44. The zero-order valence-corrected chi connectivity index (χ0v) is 26.3. The number of fused-ring (bicyclic) bond motifs is 4. The summed E-state index contributed by atoms with van der Waals surface area (Å²) < 4.78 is 10.7. The van der Waals surface area contributed by atoms with Gasteiger partial charge in [-0.3, -0.25) is 9.80 Å². The van der Waals surface area contributed by atoms with E-state index in [9.17, 15) is 19.2 Å². The van der Waals surface area contributed by atoms with E-state index in [-0.39, 0.29) is 0 Å². The molecule has 0 N–H and O–H groups in total. The fourth-order valence-electron chi connectivity index (χ4n) is 6.69. The molecule has 0 bridgehead atoms. The third-order valence-corrected chi connectivity index (χ3v) is 10.7. The van der Waals surface area contributed by atoms with Crippen molar-refractivity contribution in [2.75, 3.05) is 36.0 Å². The van der Waals surface area contributed by atoms with Crippen molar-refractivity contribution < 1.29 is 28.7 Å². The van der Waals surface area contributed by atoms with Gasteiger partial charge in [0, 0.05) is 48.8 Å². The number of carbonyl (C=O) groups excluding carboxylic acids is 4. The summed E-state index contributed by atoms with van der Waals surface area (Å²) in [6, 6.07) is 11.5. The van der Waals surface area contributed by atoms with Crippen molar-refractivity contribution >= 4 is 58.4 Å². The predicted molar refractivity (Wildman–Crippen MR) is 170 cm³/mol. The SMILES string of the molecule is O=C(OC(=O)N1CCc2c(-c3cccc4c3CCN4C(=O)OC(=O)N3CCc4ncsc4C3)cccc21)N1CCc2ncsc2C1. The molecule has 0 radical (unpaired) electrons. The molecule has 0 aliphatic carbocycles. The lowest BCUT2D eigenvalue weighted by Crippen LogP contribution is -2.40. The van der Waals surface area contributed by atoms with Crippen LogP contribution >= 0.6 is 22.7 Å². The van der Waals surface area contributed by atoms with Gasteiger partial charge in [-0.25, -0.2) is 29.1 Å². The molecule has 14 heteroatoms. The van der Waals surface area contributed by atoms with Crippen LogP contribution < -0.4 is 9.80 Å². The van der Waals surface area contributed by atoms with Crippen LogP contribution in [0.25, 0.3) is 11.1 Å². The summed E-state index contributed by atoms with van der Waals surface area (Å²) in [5.74, 6) is 0. The normalized spacial score (nSPS) is 16.4. The van der Waals surface area contributed by atoms with Gasteiger partial charge in [0.15, 0.2) is 0 Å². The van der Waals surface area contributed by atoms with Gasteiger partial charge in [0.2, 0.25) is 0 Å². The minimum absolute atomic E-state index is 0.382. The van der Waals surface area contributed by atoms with E-state index in [0.717, 1.165) is 43.4 Å². The number of hydrogen-bond donors (Lipinski definition) is 0. The van der Waals surface area contributed by atoms with Gasteiger partial charge in [-0.1, -0.05) is 24.3 Å². The van der Waals surface area contributed by atoms with E-state index >= 15 is 0 Å². The Morgan fingerprint density at radius 2 is 1.04 bits per heavy atom. The van der Waals surface area contributed by atoms with Gasteiger partial charge in [-0.05, 0) is 47.2 Å². The Hall–Kier alpha value is -4.82. The summed E-state index contributed by atoms with van der Waals surface area (Å²) in [4.78, 5) is 68.9. The van der Waals surface area contributed by atoms with Crippen LogP contribution in [0.3, 0.4) is 0 Å². The standard InChI is InChI=1S/C32H28N6O6S2/c39-29(35-11-9-23-27(15-35)45-17-33-23)43-31(41)37-13-7-21-19(3-1-5-25(21)37)20-4-2-6-26-22(20)8-14-38(26)32(42)44-30(40)36-12-10-24-28(16-36)46-18-34-24/h1-6,17-18H,7-16H2. The second kappa shape index (κ2) is 11.5. The Bertz CT molecular complexity index is 1770. The first kappa shape index (κ1) is 28.6.